The molecule has 1 amide bonds. The van der Waals surface area contributed by atoms with Crippen molar-refractivity contribution in [2.45, 2.75) is 19.8 Å². The maximum Gasteiger partial charge on any atom is 0.286 e. The van der Waals surface area contributed by atoms with Crippen LogP contribution in [-0.2, 0) is 0 Å². The van der Waals surface area contributed by atoms with Gasteiger partial charge in [0.1, 0.15) is 0 Å². The lowest BCUT2D eigenvalue weighted by molar-refractivity contribution is 0.0921. The van der Waals surface area contributed by atoms with Gasteiger partial charge in [-0.15, -0.1) is 0 Å². The highest BCUT2D eigenvalue weighted by molar-refractivity contribution is 5.91. The molecule has 1 heterocycles. The highest BCUT2D eigenvalue weighted by Gasteiger charge is 2.17. The molecule has 1 unspecified atom stereocenters. The number of hydrogen-bond acceptors (Lipinski definition) is 2. The third kappa shape index (κ3) is 3.47. The molecule has 0 bridgehead atoms. The smallest absolute Gasteiger partial charge is 0.286 e. The first-order chi connectivity index (χ1) is 9.18. The van der Waals surface area contributed by atoms with E-state index in [1.807, 2.05) is 18.2 Å². The Hall–Kier alpha value is -2.03. The van der Waals surface area contributed by atoms with Gasteiger partial charge in [0.2, 0.25) is 0 Å². The van der Waals surface area contributed by atoms with Crippen LogP contribution >= 0.6 is 0 Å². The Morgan fingerprint density at radius 1 is 1.16 bits per heavy atom. The first kappa shape index (κ1) is 13.4. The molecule has 1 N–H and O–H groups in total. The van der Waals surface area contributed by atoms with Gasteiger partial charge < -0.3 is 9.73 Å². The summed E-state index contributed by atoms with van der Waals surface area (Å²) in [4.78, 5) is 11.9. The van der Waals surface area contributed by atoms with Crippen molar-refractivity contribution >= 4 is 5.91 Å². The van der Waals surface area contributed by atoms with Gasteiger partial charge in [-0.05, 0) is 23.6 Å². The van der Waals surface area contributed by atoms with Gasteiger partial charge in [-0.3, -0.25) is 4.79 Å². The molecule has 0 radical (unpaired) electrons. The van der Waals surface area contributed by atoms with Crippen molar-refractivity contribution in [2.75, 3.05) is 6.54 Å². The number of benzene rings is 1. The molecule has 19 heavy (non-hydrogen) atoms. The summed E-state index contributed by atoms with van der Waals surface area (Å²) in [5.41, 5.74) is 1.25. The highest BCUT2D eigenvalue weighted by atomic mass is 16.3. The average Bonchev–Trinajstić information content (AvgIpc) is 2.93. The lowest BCUT2D eigenvalue weighted by Crippen LogP contribution is -2.30. The van der Waals surface area contributed by atoms with Crippen LogP contribution in [0.2, 0.25) is 0 Å². The van der Waals surface area contributed by atoms with Crippen LogP contribution in [0.4, 0.5) is 0 Å². The van der Waals surface area contributed by atoms with Crippen LogP contribution in [0.1, 0.15) is 35.9 Å². The molecule has 1 aromatic heterocycles. The molecule has 3 nitrogen and oxygen atoms in total. The molecule has 0 aliphatic heterocycles. The van der Waals surface area contributed by atoms with E-state index < -0.39 is 0 Å². The summed E-state index contributed by atoms with van der Waals surface area (Å²) in [6.45, 7) is 4.94. The Balaban J connectivity index is 2.01. The molecule has 0 saturated heterocycles. The van der Waals surface area contributed by atoms with E-state index in [0.717, 1.165) is 0 Å². The Morgan fingerprint density at radius 2 is 1.89 bits per heavy atom. The van der Waals surface area contributed by atoms with E-state index in [1.54, 1.807) is 12.1 Å². The molecular formula is C16H19NO2. The summed E-state index contributed by atoms with van der Waals surface area (Å²) < 4.78 is 5.08. The van der Waals surface area contributed by atoms with Crippen LogP contribution in [0.15, 0.2) is 53.1 Å². The fraction of sp³-hybridized carbons (Fsp3) is 0.312. The summed E-state index contributed by atoms with van der Waals surface area (Å²) >= 11 is 0. The standard InChI is InChI=1S/C16H19NO2/c1-12(2)14(13-7-4-3-5-8-13)11-17-16(18)15-9-6-10-19-15/h3-10,12,14H,11H2,1-2H3,(H,17,18). The minimum Gasteiger partial charge on any atom is -0.459 e. The molecule has 2 rings (SSSR count). The first-order valence-corrected chi connectivity index (χ1v) is 6.55. The predicted octanol–water partition coefficient (Wildman–Crippen LogP) is 3.45. The predicted molar refractivity (Wildman–Crippen MR) is 75.1 cm³/mol. The summed E-state index contributed by atoms with van der Waals surface area (Å²) in [5.74, 6) is 0.960. The normalized spacial score (nSPS) is 12.4. The molecule has 3 heteroatoms. The number of carbonyl (C=O) groups is 1. The van der Waals surface area contributed by atoms with Gasteiger partial charge in [0.15, 0.2) is 5.76 Å². The van der Waals surface area contributed by atoms with Gasteiger partial charge in [0.25, 0.3) is 5.91 Å². The zero-order chi connectivity index (χ0) is 13.7. The van der Waals surface area contributed by atoms with Crippen molar-refractivity contribution in [3.63, 3.8) is 0 Å². The molecule has 0 fully saturated rings. The van der Waals surface area contributed by atoms with E-state index in [0.29, 0.717) is 24.1 Å². The van der Waals surface area contributed by atoms with Crippen LogP contribution < -0.4 is 5.32 Å². The number of hydrogen-bond donors (Lipinski definition) is 1. The highest BCUT2D eigenvalue weighted by Crippen LogP contribution is 2.23. The number of carbonyl (C=O) groups excluding carboxylic acids is 1. The second-order valence-corrected chi connectivity index (χ2v) is 4.95. The molecule has 1 atom stereocenters. The molecule has 2 aromatic rings. The van der Waals surface area contributed by atoms with E-state index in [9.17, 15) is 4.79 Å². The minimum atomic E-state index is -0.161. The van der Waals surface area contributed by atoms with E-state index in [4.69, 9.17) is 4.42 Å². The average molecular weight is 257 g/mol. The lowest BCUT2D eigenvalue weighted by atomic mass is 9.88. The number of amides is 1. The third-order valence-corrected chi connectivity index (χ3v) is 3.26. The van der Waals surface area contributed by atoms with E-state index in [2.05, 4.69) is 31.3 Å². The largest absolute Gasteiger partial charge is 0.459 e. The first-order valence-electron chi connectivity index (χ1n) is 6.55. The van der Waals surface area contributed by atoms with Crippen molar-refractivity contribution in [1.82, 2.24) is 5.32 Å². The molecular weight excluding hydrogens is 238 g/mol. The molecule has 0 spiro atoms. The van der Waals surface area contributed by atoms with Gasteiger partial charge in [-0.2, -0.15) is 0 Å². The van der Waals surface area contributed by atoms with Crippen molar-refractivity contribution in [2.24, 2.45) is 5.92 Å². The Morgan fingerprint density at radius 3 is 2.47 bits per heavy atom. The number of nitrogens with one attached hydrogen (secondary N) is 1. The molecule has 1 aromatic carbocycles. The maximum atomic E-state index is 11.9. The van der Waals surface area contributed by atoms with Gasteiger partial charge in [-0.25, -0.2) is 0 Å². The van der Waals surface area contributed by atoms with Gasteiger partial charge in [-0.1, -0.05) is 44.2 Å². The zero-order valence-corrected chi connectivity index (χ0v) is 11.3. The van der Waals surface area contributed by atoms with Gasteiger partial charge in [0, 0.05) is 12.5 Å². The summed E-state index contributed by atoms with van der Waals surface area (Å²) in [5, 5.41) is 2.93. The number of rotatable bonds is 5. The fourth-order valence-electron chi connectivity index (χ4n) is 2.14. The van der Waals surface area contributed by atoms with E-state index in [1.165, 1.54) is 11.8 Å². The van der Waals surface area contributed by atoms with Crippen LogP contribution in [-0.4, -0.2) is 12.5 Å². The molecule has 0 aliphatic rings. The van der Waals surface area contributed by atoms with Crippen molar-refractivity contribution in [3.8, 4) is 0 Å². The van der Waals surface area contributed by atoms with Crippen molar-refractivity contribution in [3.05, 3.63) is 60.1 Å². The summed E-state index contributed by atoms with van der Waals surface area (Å²) in [6.07, 6.45) is 1.51. The molecule has 0 saturated carbocycles. The van der Waals surface area contributed by atoms with Crippen LogP contribution in [0.25, 0.3) is 0 Å². The van der Waals surface area contributed by atoms with Crippen molar-refractivity contribution < 1.29 is 9.21 Å². The molecule has 100 valence electrons. The SMILES string of the molecule is CC(C)C(CNC(=O)c1ccco1)c1ccccc1. The quantitative estimate of drug-likeness (QED) is 0.891. The van der Waals surface area contributed by atoms with E-state index >= 15 is 0 Å². The van der Waals surface area contributed by atoms with Crippen LogP contribution in [0, 0.1) is 5.92 Å². The summed E-state index contributed by atoms with van der Waals surface area (Å²) in [7, 11) is 0. The van der Waals surface area contributed by atoms with Crippen molar-refractivity contribution in [1.29, 1.82) is 0 Å². The summed E-state index contributed by atoms with van der Waals surface area (Å²) in [6, 6.07) is 13.6. The van der Waals surface area contributed by atoms with Crippen LogP contribution in [0.3, 0.4) is 0 Å². The van der Waals surface area contributed by atoms with Gasteiger partial charge in [0.05, 0.1) is 6.26 Å². The van der Waals surface area contributed by atoms with E-state index in [-0.39, 0.29) is 5.91 Å². The molecule has 0 aliphatic carbocycles. The van der Waals surface area contributed by atoms with Gasteiger partial charge >= 0.3 is 0 Å². The monoisotopic (exact) mass is 257 g/mol. The van der Waals surface area contributed by atoms with Crippen LogP contribution in [0.5, 0.6) is 0 Å². The number of furan rings is 1. The maximum absolute atomic E-state index is 11.9. The topological polar surface area (TPSA) is 42.2 Å². The Bertz CT molecular complexity index is 503. The Kier molecular flexibility index (Phi) is 4.39. The minimum absolute atomic E-state index is 0.161. The Labute approximate surface area is 113 Å². The second kappa shape index (κ2) is 6.23. The second-order valence-electron chi connectivity index (χ2n) is 4.95. The zero-order valence-electron chi connectivity index (χ0n) is 11.3. The fourth-order valence-corrected chi connectivity index (χ4v) is 2.14. The third-order valence-electron chi connectivity index (χ3n) is 3.26. The lowest BCUT2D eigenvalue weighted by Gasteiger charge is -2.21.